The van der Waals surface area contributed by atoms with Crippen molar-refractivity contribution < 1.29 is 29.3 Å². The first-order valence-corrected chi connectivity index (χ1v) is 14.6. The molecule has 3 aromatic rings. The van der Waals surface area contributed by atoms with Crippen molar-refractivity contribution in [2.75, 3.05) is 6.61 Å². The maximum Gasteiger partial charge on any atom is 0.408 e. The van der Waals surface area contributed by atoms with Crippen LogP contribution in [0.1, 0.15) is 49.9 Å². The van der Waals surface area contributed by atoms with Gasteiger partial charge >= 0.3 is 6.09 Å². The zero-order valence-electron chi connectivity index (χ0n) is 24.7. The van der Waals surface area contributed by atoms with E-state index in [9.17, 15) is 24.6 Å². The zero-order chi connectivity index (χ0) is 31.0. The summed E-state index contributed by atoms with van der Waals surface area (Å²) in [4.78, 5) is 47.1. The lowest BCUT2D eigenvalue weighted by Crippen LogP contribution is -2.57. The van der Waals surface area contributed by atoms with Gasteiger partial charge in [0.25, 0.3) is 0 Å². The fraction of sp³-hybridized carbons (Fsp3) is 0.438. The molecule has 1 aromatic heterocycles. The molecule has 2 aromatic carbocycles. The first kappa shape index (κ1) is 33.3. The van der Waals surface area contributed by atoms with Gasteiger partial charge in [0.2, 0.25) is 11.8 Å². The fourth-order valence-corrected chi connectivity index (χ4v) is 4.66. The smallest absolute Gasteiger partial charge is 0.408 e. The Labute approximate surface area is 252 Å². The fourth-order valence-electron chi connectivity index (χ4n) is 4.66. The number of aliphatic hydroxyl groups is 2. The van der Waals surface area contributed by atoms with Crippen LogP contribution in [0.15, 0.2) is 73.2 Å². The highest BCUT2D eigenvalue weighted by molar-refractivity contribution is 5.91. The summed E-state index contributed by atoms with van der Waals surface area (Å²) in [5.41, 5.74) is 2.16. The Morgan fingerprint density at radius 1 is 0.884 bits per heavy atom. The summed E-state index contributed by atoms with van der Waals surface area (Å²) < 4.78 is 5.36. The lowest BCUT2D eigenvalue weighted by molar-refractivity contribution is -0.131. The minimum absolute atomic E-state index is 0.0341. The number of hydrogen-bond acceptors (Lipinski definition) is 7. The molecule has 1 unspecified atom stereocenters. The number of aromatic nitrogens is 2. The second-order valence-corrected chi connectivity index (χ2v) is 11.0. The lowest BCUT2D eigenvalue weighted by Gasteiger charge is -2.29. The number of nitrogens with zero attached hydrogens (tertiary/aromatic N) is 1. The Morgan fingerprint density at radius 2 is 1.51 bits per heavy atom. The van der Waals surface area contributed by atoms with Gasteiger partial charge in [-0.1, -0.05) is 74.5 Å². The van der Waals surface area contributed by atoms with Crippen LogP contribution >= 0.6 is 0 Å². The number of aromatic amines is 1. The van der Waals surface area contributed by atoms with E-state index in [1.54, 1.807) is 6.20 Å². The Morgan fingerprint density at radius 3 is 2.12 bits per heavy atom. The minimum Gasteiger partial charge on any atom is -0.445 e. The SMILES string of the molecule is CC(C)C[C@H](NC(=O)[C@H](Cc1c[nH]cn1)NC(=O)[C@H](Cc1ccccc1)NC(=O)OCc1ccccc1)C(O)CCCO. The number of carbonyl (C=O) groups is 3. The summed E-state index contributed by atoms with van der Waals surface area (Å²) in [6, 6.07) is 15.7. The third kappa shape index (κ3) is 11.9. The summed E-state index contributed by atoms with van der Waals surface area (Å²) in [6.45, 7) is 3.93. The van der Waals surface area contributed by atoms with Gasteiger partial charge in [0.1, 0.15) is 18.7 Å². The number of H-pyrrole nitrogens is 1. The molecule has 232 valence electrons. The van der Waals surface area contributed by atoms with Crippen molar-refractivity contribution in [2.24, 2.45) is 5.92 Å². The van der Waals surface area contributed by atoms with Gasteiger partial charge < -0.3 is 35.9 Å². The van der Waals surface area contributed by atoms with Crippen LogP contribution in [-0.4, -0.2) is 68.9 Å². The third-order valence-corrected chi connectivity index (χ3v) is 6.88. The van der Waals surface area contributed by atoms with E-state index in [1.807, 2.05) is 74.5 Å². The predicted octanol–water partition coefficient (Wildman–Crippen LogP) is 2.64. The molecule has 0 radical (unpaired) electrons. The summed E-state index contributed by atoms with van der Waals surface area (Å²) in [6.07, 6.45) is 2.95. The molecule has 0 fully saturated rings. The highest BCUT2D eigenvalue weighted by atomic mass is 16.5. The number of aliphatic hydroxyl groups excluding tert-OH is 2. The number of ether oxygens (including phenoxy) is 1. The summed E-state index contributed by atoms with van der Waals surface area (Å²) in [5, 5.41) is 28.3. The number of hydrogen-bond donors (Lipinski definition) is 6. The van der Waals surface area contributed by atoms with Crippen LogP contribution in [0.3, 0.4) is 0 Å². The minimum atomic E-state index is -1.05. The van der Waals surface area contributed by atoms with Gasteiger partial charge in [-0.25, -0.2) is 9.78 Å². The van der Waals surface area contributed by atoms with E-state index in [0.717, 1.165) is 11.1 Å². The molecule has 0 bridgehead atoms. The molecular weight excluding hydrogens is 550 g/mol. The van der Waals surface area contributed by atoms with Gasteiger partial charge in [-0.2, -0.15) is 0 Å². The van der Waals surface area contributed by atoms with Gasteiger partial charge in [-0.3, -0.25) is 9.59 Å². The summed E-state index contributed by atoms with van der Waals surface area (Å²) in [5.74, 6) is -0.887. The van der Waals surface area contributed by atoms with Gasteiger partial charge in [0.15, 0.2) is 0 Å². The van der Waals surface area contributed by atoms with Crippen LogP contribution in [0, 0.1) is 5.92 Å². The number of imidazole rings is 1. The van der Waals surface area contributed by atoms with Crippen LogP contribution in [0.25, 0.3) is 0 Å². The Bertz CT molecular complexity index is 1240. The Kier molecular flexibility index (Phi) is 13.7. The van der Waals surface area contributed by atoms with Crippen molar-refractivity contribution in [1.29, 1.82) is 0 Å². The average Bonchev–Trinajstić information content (AvgIpc) is 3.52. The van der Waals surface area contributed by atoms with E-state index in [-0.39, 0.29) is 32.0 Å². The quantitative estimate of drug-likeness (QED) is 0.140. The van der Waals surface area contributed by atoms with Gasteiger partial charge in [-0.05, 0) is 36.3 Å². The molecule has 6 N–H and O–H groups in total. The van der Waals surface area contributed by atoms with Crippen LogP contribution < -0.4 is 16.0 Å². The van der Waals surface area contributed by atoms with Crippen LogP contribution in [0.4, 0.5) is 4.79 Å². The molecule has 11 nitrogen and oxygen atoms in total. The first-order valence-electron chi connectivity index (χ1n) is 14.6. The first-order chi connectivity index (χ1) is 20.7. The maximum absolute atomic E-state index is 13.7. The molecule has 43 heavy (non-hydrogen) atoms. The number of amides is 3. The topological polar surface area (TPSA) is 166 Å². The standard InChI is InChI=1S/C32H43N5O6/c1-22(2)16-26(29(39)14-9-15-38)35-31(41)28(18-25-19-33-21-34-25)36-30(40)27(17-23-10-5-3-6-11-23)37-32(42)43-20-24-12-7-4-8-13-24/h3-8,10-13,19,21-22,26-29,38-39H,9,14-18,20H2,1-2H3,(H,33,34)(H,35,41)(H,36,40)(H,37,42)/t26-,27-,28-,29?/m0/s1. The number of carbonyl (C=O) groups excluding carboxylic acids is 3. The van der Waals surface area contributed by atoms with Crippen molar-refractivity contribution in [3.8, 4) is 0 Å². The molecular formula is C32H43N5O6. The number of benzene rings is 2. The van der Waals surface area contributed by atoms with Crippen molar-refractivity contribution in [1.82, 2.24) is 25.9 Å². The molecule has 3 rings (SSSR count). The van der Waals surface area contributed by atoms with Gasteiger partial charge in [0, 0.05) is 25.6 Å². The molecule has 0 saturated heterocycles. The van der Waals surface area contributed by atoms with E-state index in [1.165, 1.54) is 6.33 Å². The highest BCUT2D eigenvalue weighted by Gasteiger charge is 2.31. The van der Waals surface area contributed by atoms with E-state index in [2.05, 4.69) is 25.9 Å². The normalized spacial score (nSPS) is 13.9. The van der Waals surface area contributed by atoms with Crippen LogP contribution in [0.2, 0.25) is 0 Å². The Balaban J connectivity index is 1.77. The summed E-state index contributed by atoms with van der Waals surface area (Å²) in [7, 11) is 0. The van der Waals surface area contributed by atoms with E-state index in [0.29, 0.717) is 25.0 Å². The molecule has 0 aliphatic rings. The van der Waals surface area contributed by atoms with Gasteiger partial charge in [-0.15, -0.1) is 0 Å². The zero-order valence-corrected chi connectivity index (χ0v) is 24.7. The molecule has 11 heteroatoms. The van der Waals surface area contributed by atoms with Crippen molar-refractivity contribution in [2.45, 2.75) is 76.8 Å². The largest absolute Gasteiger partial charge is 0.445 e. The predicted molar refractivity (Wildman–Crippen MR) is 162 cm³/mol. The second-order valence-electron chi connectivity index (χ2n) is 11.0. The van der Waals surface area contributed by atoms with Gasteiger partial charge in [0.05, 0.1) is 24.2 Å². The van der Waals surface area contributed by atoms with Crippen LogP contribution in [0.5, 0.6) is 0 Å². The molecule has 3 amide bonds. The van der Waals surface area contributed by atoms with Crippen molar-refractivity contribution in [3.63, 3.8) is 0 Å². The molecule has 0 aliphatic carbocycles. The Hall–Kier alpha value is -4.22. The molecule has 0 spiro atoms. The molecule has 0 saturated carbocycles. The van der Waals surface area contributed by atoms with E-state index < -0.39 is 42.1 Å². The third-order valence-electron chi connectivity index (χ3n) is 6.88. The molecule has 0 aliphatic heterocycles. The molecule has 1 heterocycles. The monoisotopic (exact) mass is 593 g/mol. The van der Waals surface area contributed by atoms with Crippen LogP contribution in [-0.2, 0) is 33.8 Å². The maximum atomic E-state index is 13.7. The highest BCUT2D eigenvalue weighted by Crippen LogP contribution is 2.14. The number of nitrogens with one attached hydrogen (secondary N) is 4. The summed E-state index contributed by atoms with van der Waals surface area (Å²) >= 11 is 0. The van der Waals surface area contributed by atoms with E-state index in [4.69, 9.17) is 4.74 Å². The average molecular weight is 594 g/mol. The van der Waals surface area contributed by atoms with Crippen molar-refractivity contribution >= 4 is 17.9 Å². The number of alkyl carbamates (subject to hydrolysis) is 1. The lowest BCUT2D eigenvalue weighted by atomic mass is 9.95. The molecule has 4 atom stereocenters. The van der Waals surface area contributed by atoms with E-state index >= 15 is 0 Å². The second kappa shape index (κ2) is 17.7. The van der Waals surface area contributed by atoms with Crippen molar-refractivity contribution in [3.05, 3.63) is 90.0 Å². The number of rotatable bonds is 17.